The Morgan fingerprint density at radius 1 is 1.04 bits per heavy atom. The molecule has 140 valence electrons. The molecule has 0 aliphatic carbocycles. The van der Waals surface area contributed by atoms with Crippen molar-refractivity contribution in [2.45, 2.75) is 12.6 Å². The molecule has 0 bridgehead atoms. The van der Waals surface area contributed by atoms with Gasteiger partial charge in [-0.05, 0) is 41.8 Å². The maximum atomic E-state index is 5.93. The van der Waals surface area contributed by atoms with Crippen molar-refractivity contribution in [3.8, 4) is 23.0 Å². The van der Waals surface area contributed by atoms with Gasteiger partial charge < -0.3 is 28.6 Å². The largest absolute Gasteiger partial charge is 0.493 e. The molecule has 2 aromatic carbocycles. The Bertz CT molecular complexity index is 952. The van der Waals surface area contributed by atoms with E-state index in [9.17, 15) is 0 Å². The van der Waals surface area contributed by atoms with Gasteiger partial charge in [-0.15, -0.1) is 0 Å². The molecule has 6 nitrogen and oxygen atoms in total. The molecule has 0 N–H and O–H groups in total. The van der Waals surface area contributed by atoms with Crippen LogP contribution in [0.15, 0.2) is 24.3 Å². The van der Waals surface area contributed by atoms with Gasteiger partial charge in [-0.1, -0.05) is 6.07 Å². The molecule has 3 heterocycles. The lowest BCUT2D eigenvalue weighted by atomic mass is 9.89. The van der Waals surface area contributed by atoms with Gasteiger partial charge in [-0.3, -0.25) is 0 Å². The van der Waals surface area contributed by atoms with Crippen LogP contribution in [-0.4, -0.2) is 39.6 Å². The highest BCUT2D eigenvalue weighted by Gasteiger charge is 2.36. The van der Waals surface area contributed by atoms with Crippen molar-refractivity contribution in [3.63, 3.8) is 0 Å². The standard InChI is InChI=1S/C21H21NO5/c1-23-16-5-4-13-8-15-14-10-18-17(26-11-27-18)9-12(14)6-7-22(15)21(25-3)19(13)20(16)24-2/h4-5,8-10,21H,6-7,11H2,1-3H3. The first-order valence-corrected chi connectivity index (χ1v) is 8.94. The zero-order valence-corrected chi connectivity index (χ0v) is 15.6. The molecule has 3 aliphatic rings. The zero-order chi connectivity index (χ0) is 18.5. The predicted molar refractivity (Wildman–Crippen MR) is 100 cm³/mol. The lowest BCUT2D eigenvalue weighted by Crippen LogP contribution is -2.36. The molecule has 0 saturated heterocycles. The van der Waals surface area contributed by atoms with Crippen LogP contribution in [-0.2, 0) is 11.2 Å². The van der Waals surface area contributed by atoms with Crippen LogP contribution in [0.25, 0.3) is 11.8 Å². The molecule has 27 heavy (non-hydrogen) atoms. The average Bonchev–Trinajstić information content (AvgIpc) is 3.16. The Hall–Kier alpha value is -2.86. The molecule has 0 amide bonds. The fourth-order valence-electron chi connectivity index (χ4n) is 4.24. The topological polar surface area (TPSA) is 49.4 Å². The molecule has 5 rings (SSSR count). The monoisotopic (exact) mass is 367 g/mol. The fourth-order valence-corrected chi connectivity index (χ4v) is 4.24. The molecule has 1 atom stereocenters. The molecule has 3 aliphatic heterocycles. The number of hydrogen-bond donors (Lipinski definition) is 0. The maximum Gasteiger partial charge on any atom is 0.231 e. The van der Waals surface area contributed by atoms with Crippen LogP contribution in [0.5, 0.6) is 23.0 Å². The van der Waals surface area contributed by atoms with E-state index in [0.717, 1.165) is 46.9 Å². The normalized spacial score (nSPS) is 19.0. The van der Waals surface area contributed by atoms with Gasteiger partial charge in [0.2, 0.25) is 6.79 Å². The lowest BCUT2D eigenvalue weighted by Gasteiger charge is -2.42. The zero-order valence-electron chi connectivity index (χ0n) is 15.6. The van der Waals surface area contributed by atoms with E-state index in [1.165, 1.54) is 5.56 Å². The van der Waals surface area contributed by atoms with Crippen LogP contribution in [0.3, 0.4) is 0 Å². The first kappa shape index (κ1) is 16.3. The van der Waals surface area contributed by atoms with Gasteiger partial charge in [0.15, 0.2) is 29.2 Å². The fraction of sp³-hybridized carbons (Fsp3) is 0.333. The second kappa shape index (κ2) is 6.09. The van der Waals surface area contributed by atoms with E-state index < -0.39 is 0 Å². The highest BCUT2D eigenvalue weighted by Crippen LogP contribution is 2.49. The first-order valence-electron chi connectivity index (χ1n) is 8.94. The van der Waals surface area contributed by atoms with Crippen molar-refractivity contribution in [1.82, 2.24) is 4.90 Å². The SMILES string of the molecule is COc1ccc2c(c1OC)C(OC)N1CCc3cc4c(cc3C1=C2)OCO4. The Labute approximate surface area is 157 Å². The average molecular weight is 367 g/mol. The van der Waals surface area contributed by atoms with E-state index in [2.05, 4.69) is 23.1 Å². The summed E-state index contributed by atoms with van der Waals surface area (Å²) in [5, 5.41) is 0. The van der Waals surface area contributed by atoms with Crippen molar-refractivity contribution >= 4 is 11.8 Å². The van der Waals surface area contributed by atoms with Gasteiger partial charge in [0.25, 0.3) is 0 Å². The van der Waals surface area contributed by atoms with Crippen LogP contribution >= 0.6 is 0 Å². The summed E-state index contributed by atoms with van der Waals surface area (Å²) >= 11 is 0. The smallest absolute Gasteiger partial charge is 0.231 e. The van der Waals surface area contributed by atoms with Gasteiger partial charge in [-0.2, -0.15) is 0 Å². The Balaban J connectivity index is 1.71. The van der Waals surface area contributed by atoms with E-state index in [1.807, 2.05) is 12.1 Å². The third kappa shape index (κ3) is 2.29. The molecule has 6 heteroatoms. The number of nitrogens with zero attached hydrogens (tertiary/aromatic N) is 1. The van der Waals surface area contributed by atoms with Crippen LogP contribution in [0, 0.1) is 0 Å². The number of hydrogen-bond acceptors (Lipinski definition) is 6. The van der Waals surface area contributed by atoms with Gasteiger partial charge in [-0.25, -0.2) is 0 Å². The van der Waals surface area contributed by atoms with E-state index in [0.29, 0.717) is 11.5 Å². The van der Waals surface area contributed by atoms with Crippen LogP contribution in [0.1, 0.15) is 28.5 Å². The van der Waals surface area contributed by atoms with Crippen molar-refractivity contribution < 1.29 is 23.7 Å². The summed E-state index contributed by atoms with van der Waals surface area (Å²) in [6.45, 7) is 1.12. The highest BCUT2D eigenvalue weighted by atomic mass is 16.7. The molecule has 1 unspecified atom stereocenters. The number of ether oxygens (including phenoxy) is 5. The van der Waals surface area contributed by atoms with Crippen molar-refractivity contribution in [1.29, 1.82) is 0 Å². The highest BCUT2D eigenvalue weighted by molar-refractivity contribution is 5.87. The quantitative estimate of drug-likeness (QED) is 0.828. The van der Waals surface area contributed by atoms with Crippen LogP contribution < -0.4 is 18.9 Å². The minimum absolute atomic E-state index is 0.247. The van der Waals surface area contributed by atoms with E-state index in [1.54, 1.807) is 21.3 Å². The van der Waals surface area contributed by atoms with E-state index in [4.69, 9.17) is 23.7 Å². The van der Waals surface area contributed by atoms with Crippen molar-refractivity contribution in [2.24, 2.45) is 0 Å². The predicted octanol–water partition coefficient (Wildman–Crippen LogP) is 3.45. The summed E-state index contributed by atoms with van der Waals surface area (Å²) in [7, 11) is 5.04. The Morgan fingerprint density at radius 2 is 1.85 bits per heavy atom. The Morgan fingerprint density at radius 3 is 2.59 bits per heavy atom. The molecule has 0 radical (unpaired) electrons. The lowest BCUT2D eigenvalue weighted by molar-refractivity contribution is -0.00470. The molecule has 2 aromatic rings. The summed E-state index contributed by atoms with van der Waals surface area (Å²) in [5.41, 5.74) is 5.61. The number of fused-ring (bicyclic) bond motifs is 5. The second-order valence-corrected chi connectivity index (χ2v) is 6.73. The second-order valence-electron chi connectivity index (χ2n) is 6.73. The molecule has 0 saturated carbocycles. The molecular formula is C21H21NO5. The third-order valence-electron chi connectivity index (χ3n) is 5.47. The minimum Gasteiger partial charge on any atom is -0.493 e. The maximum absolute atomic E-state index is 5.93. The molecule has 0 spiro atoms. The summed E-state index contributed by atoms with van der Waals surface area (Å²) in [6.07, 6.45) is 2.85. The van der Waals surface area contributed by atoms with Crippen LogP contribution in [0.2, 0.25) is 0 Å². The van der Waals surface area contributed by atoms with Gasteiger partial charge >= 0.3 is 0 Å². The van der Waals surface area contributed by atoms with Crippen molar-refractivity contribution in [3.05, 3.63) is 46.5 Å². The molecule has 0 fully saturated rings. The summed E-state index contributed by atoms with van der Waals surface area (Å²) in [4.78, 5) is 2.27. The summed E-state index contributed by atoms with van der Waals surface area (Å²) < 4.78 is 28.2. The van der Waals surface area contributed by atoms with Crippen LogP contribution in [0.4, 0.5) is 0 Å². The third-order valence-corrected chi connectivity index (χ3v) is 5.47. The first-order chi connectivity index (χ1) is 13.2. The van der Waals surface area contributed by atoms with Gasteiger partial charge in [0, 0.05) is 24.9 Å². The van der Waals surface area contributed by atoms with E-state index >= 15 is 0 Å². The van der Waals surface area contributed by atoms with E-state index in [-0.39, 0.29) is 13.0 Å². The molecular weight excluding hydrogens is 346 g/mol. The number of rotatable bonds is 3. The minimum atomic E-state index is -0.247. The number of methoxy groups -OCH3 is 3. The summed E-state index contributed by atoms with van der Waals surface area (Å²) in [6, 6.07) is 8.16. The molecule has 0 aromatic heterocycles. The summed E-state index contributed by atoms with van der Waals surface area (Å²) in [5.74, 6) is 3.04. The van der Waals surface area contributed by atoms with Gasteiger partial charge in [0.05, 0.1) is 19.8 Å². The number of benzene rings is 2. The van der Waals surface area contributed by atoms with Crippen molar-refractivity contribution in [2.75, 3.05) is 34.7 Å². The van der Waals surface area contributed by atoms with Gasteiger partial charge in [0.1, 0.15) is 0 Å². The Kier molecular flexibility index (Phi) is 3.68.